The third kappa shape index (κ3) is 3.95. The fourth-order valence-corrected chi connectivity index (χ4v) is 2.93. The molecule has 2 unspecified atom stereocenters. The van der Waals surface area contributed by atoms with Gasteiger partial charge in [-0.3, -0.25) is 0 Å². The molecule has 0 saturated carbocycles. The number of nitrogens with one attached hydrogen (secondary N) is 1. The summed E-state index contributed by atoms with van der Waals surface area (Å²) >= 11 is 5.87. The van der Waals surface area contributed by atoms with Crippen molar-refractivity contribution in [2.24, 2.45) is 5.92 Å². The van der Waals surface area contributed by atoms with Gasteiger partial charge >= 0.3 is 0 Å². The summed E-state index contributed by atoms with van der Waals surface area (Å²) in [5, 5.41) is 3.62. The Bertz CT molecular complexity index is 394. The Morgan fingerprint density at radius 2 is 2.16 bits per heavy atom. The van der Waals surface area contributed by atoms with E-state index in [9.17, 15) is 0 Å². The smallest absolute Gasteiger partial charge is 0.0952 e. The van der Waals surface area contributed by atoms with Gasteiger partial charge in [0.25, 0.3) is 0 Å². The molecule has 1 aliphatic rings. The van der Waals surface area contributed by atoms with Crippen molar-refractivity contribution < 1.29 is 4.74 Å². The van der Waals surface area contributed by atoms with Crippen molar-refractivity contribution in [2.45, 2.75) is 38.8 Å². The molecule has 1 aromatic carbocycles. The Morgan fingerprint density at radius 1 is 1.37 bits per heavy atom. The second-order valence-electron chi connectivity index (χ2n) is 5.54. The topological polar surface area (TPSA) is 21.3 Å². The van der Waals surface area contributed by atoms with Crippen LogP contribution in [0.1, 0.15) is 37.5 Å². The third-order valence-electron chi connectivity index (χ3n) is 3.88. The van der Waals surface area contributed by atoms with Crippen LogP contribution in [0.3, 0.4) is 0 Å². The zero-order chi connectivity index (χ0) is 13.7. The number of ether oxygens (including phenoxy) is 1. The van der Waals surface area contributed by atoms with Gasteiger partial charge in [-0.25, -0.2) is 0 Å². The maximum Gasteiger partial charge on any atom is 0.0952 e. The van der Waals surface area contributed by atoms with Gasteiger partial charge in [0.05, 0.1) is 12.7 Å². The molecular formula is C16H24ClNO. The highest BCUT2D eigenvalue weighted by Gasteiger charge is 2.22. The second-order valence-corrected chi connectivity index (χ2v) is 5.92. The first kappa shape index (κ1) is 14.8. The van der Waals surface area contributed by atoms with E-state index in [2.05, 4.69) is 43.4 Å². The molecule has 2 nitrogen and oxygen atoms in total. The van der Waals surface area contributed by atoms with Crippen LogP contribution in [0, 0.1) is 5.92 Å². The molecule has 19 heavy (non-hydrogen) atoms. The van der Waals surface area contributed by atoms with Crippen molar-refractivity contribution in [3.05, 3.63) is 35.4 Å². The van der Waals surface area contributed by atoms with Crippen LogP contribution in [0.2, 0.25) is 0 Å². The number of halogens is 1. The normalized spacial score (nSPS) is 20.3. The number of hydrogen-bond acceptors (Lipinski definition) is 2. The molecule has 0 amide bonds. The van der Waals surface area contributed by atoms with E-state index >= 15 is 0 Å². The summed E-state index contributed by atoms with van der Waals surface area (Å²) in [6.07, 6.45) is 2.22. The van der Waals surface area contributed by atoms with E-state index in [0.29, 0.717) is 17.8 Å². The molecule has 0 aromatic heterocycles. The molecule has 106 valence electrons. The molecule has 1 aliphatic heterocycles. The average Bonchev–Trinajstić information content (AvgIpc) is 2.43. The van der Waals surface area contributed by atoms with Crippen LogP contribution in [0.5, 0.6) is 0 Å². The lowest BCUT2D eigenvalue weighted by atomic mass is 9.96. The highest BCUT2D eigenvalue weighted by atomic mass is 35.5. The van der Waals surface area contributed by atoms with Crippen molar-refractivity contribution in [3.8, 4) is 0 Å². The Kier molecular flexibility index (Phi) is 5.68. The standard InChI is InChI=1S/C16H24ClNO/c1-12(2)15(7-9-17)18-11-16-14-6-4-3-5-13(14)8-10-19-16/h3-6,12,15-16,18H,7-11H2,1-2H3. The van der Waals surface area contributed by atoms with Crippen molar-refractivity contribution in [1.82, 2.24) is 5.32 Å². The van der Waals surface area contributed by atoms with Crippen LogP contribution in [0.15, 0.2) is 24.3 Å². The Morgan fingerprint density at radius 3 is 2.89 bits per heavy atom. The largest absolute Gasteiger partial charge is 0.372 e. The lowest BCUT2D eigenvalue weighted by Gasteiger charge is -2.29. The molecule has 1 aromatic rings. The molecule has 1 heterocycles. The maximum absolute atomic E-state index is 5.92. The minimum Gasteiger partial charge on any atom is -0.372 e. The minimum atomic E-state index is 0.182. The number of rotatable bonds is 6. The Hall–Kier alpha value is -0.570. The van der Waals surface area contributed by atoms with Crippen LogP contribution < -0.4 is 5.32 Å². The van der Waals surface area contributed by atoms with Crippen molar-refractivity contribution >= 4 is 11.6 Å². The first-order chi connectivity index (χ1) is 9.22. The van der Waals surface area contributed by atoms with Crippen LogP contribution in [-0.2, 0) is 11.2 Å². The van der Waals surface area contributed by atoms with Crippen LogP contribution in [0.25, 0.3) is 0 Å². The summed E-state index contributed by atoms with van der Waals surface area (Å²) in [6, 6.07) is 9.07. The van der Waals surface area contributed by atoms with Crippen LogP contribution >= 0.6 is 11.6 Å². The van der Waals surface area contributed by atoms with Gasteiger partial charge in [0.15, 0.2) is 0 Å². The molecule has 0 radical (unpaired) electrons. The third-order valence-corrected chi connectivity index (χ3v) is 4.10. The maximum atomic E-state index is 5.92. The molecule has 0 bridgehead atoms. The Balaban J connectivity index is 1.97. The van der Waals surface area contributed by atoms with Crippen molar-refractivity contribution in [3.63, 3.8) is 0 Å². The summed E-state index contributed by atoms with van der Waals surface area (Å²) in [5.41, 5.74) is 2.77. The summed E-state index contributed by atoms with van der Waals surface area (Å²) in [6.45, 7) is 6.17. The van der Waals surface area contributed by atoms with E-state index in [1.165, 1.54) is 11.1 Å². The average molecular weight is 282 g/mol. The quantitative estimate of drug-likeness (QED) is 0.805. The van der Waals surface area contributed by atoms with E-state index in [1.807, 2.05) is 0 Å². The molecule has 2 atom stereocenters. The van der Waals surface area contributed by atoms with Gasteiger partial charge in [0.2, 0.25) is 0 Å². The van der Waals surface area contributed by atoms with E-state index in [4.69, 9.17) is 16.3 Å². The lowest BCUT2D eigenvalue weighted by molar-refractivity contribution is 0.0394. The van der Waals surface area contributed by atoms with Gasteiger partial charge in [-0.15, -0.1) is 11.6 Å². The molecule has 0 spiro atoms. The fourth-order valence-electron chi connectivity index (χ4n) is 2.69. The van der Waals surface area contributed by atoms with E-state index in [-0.39, 0.29) is 6.10 Å². The zero-order valence-electron chi connectivity index (χ0n) is 11.9. The molecule has 3 heteroatoms. The molecule has 0 saturated heterocycles. The van der Waals surface area contributed by atoms with Gasteiger partial charge in [0.1, 0.15) is 0 Å². The van der Waals surface area contributed by atoms with Crippen LogP contribution in [-0.4, -0.2) is 25.1 Å². The van der Waals surface area contributed by atoms with Crippen molar-refractivity contribution in [2.75, 3.05) is 19.0 Å². The predicted octanol–water partition coefficient (Wildman–Crippen LogP) is 3.54. The second kappa shape index (κ2) is 7.28. The Labute approximate surface area is 121 Å². The summed E-state index contributed by atoms with van der Waals surface area (Å²) in [4.78, 5) is 0. The number of fused-ring (bicyclic) bond motifs is 1. The van der Waals surface area contributed by atoms with Crippen LogP contribution in [0.4, 0.5) is 0 Å². The summed E-state index contributed by atoms with van der Waals surface area (Å²) in [5.74, 6) is 1.30. The number of alkyl halides is 1. The molecule has 2 rings (SSSR count). The van der Waals surface area contributed by atoms with Gasteiger partial charge in [-0.2, -0.15) is 0 Å². The minimum absolute atomic E-state index is 0.182. The lowest BCUT2D eigenvalue weighted by Crippen LogP contribution is -2.38. The first-order valence-electron chi connectivity index (χ1n) is 7.21. The number of benzene rings is 1. The van der Waals surface area contributed by atoms with E-state index in [0.717, 1.165) is 26.0 Å². The molecule has 0 aliphatic carbocycles. The van der Waals surface area contributed by atoms with E-state index in [1.54, 1.807) is 0 Å². The fraction of sp³-hybridized carbons (Fsp3) is 0.625. The molecule has 0 fully saturated rings. The SMILES string of the molecule is CC(C)C(CCCl)NCC1OCCc2ccccc21. The highest BCUT2D eigenvalue weighted by Crippen LogP contribution is 2.26. The van der Waals surface area contributed by atoms with E-state index < -0.39 is 0 Å². The molecule has 1 N–H and O–H groups in total. The monoisotopic (exact) mass is 281 g/mol. The highest BCUT2D eigenvalue weighted by molar-refractivity contribution is 6.17. The zero-order valence-corrected chi connectivity index (χ0v) is 12.6. The number of hydrogen-bond donors (Lipinski definition) is 1. The van der Waals surface area contributed by atoms with Gasteiger partial charge in [-0.1, -0.05) is 38.1 Å². The summed E-state index contributed by atoms with van der Waals surface area (Å²) < 4.78 is 5.92. The van der Waals surface area contributed by atoms with Gasteiger partial charge in [0, 0.05) is 18.5 Å². The summed E-state index contributed by atoms with van der Waals surface area (Å²) in [7, 11) is 0. The molecular weight excluding hydrogens is 258 g/mol. The van der Waals surface area contributed by atoms with Gasteiger partial charge < -0.3 is 10.1 Å². The van der Waals surface area contributed by atoms with Gasteiger partial charge in [-0.05, 0) is 29.9 Å². The van der Waals surface area contributed by atoms with Crippen molar-refractivity contribution in [1.29, 1.82) is 0 Å². The predicted molar refractivity (Wildman–Crippen MR) is 80.8 cm³/mol. The first-order valence-corrected chi connectivity index (χ1v) is 7.74.